The number of hydrogen-bond acceptors (Lipinski definition) is 2. The van der Waals surface area contributed by atoms with E-state index in [9.17, 15) is 0 Å². The van der Waals surface area contributed by atoms with Crippen molar-refractivity contribution in [2.45, 2.75) is 15.0 Å². The van der Waals surface area contributed by atoms with E-state index < -0.39 is 0 Å². The second kappa shape index (κ2) is 6.51. The number of benzene rings is 1. The molecule has 2 nitrogen and oxygen atoms in total. The first kappa shape index (κ1) is 11.4. The number of morpholine rings is 1. The van der Waals surface area contributed by atoms with E-state index in [0.717, 1.165) is 19.7 Å². The molecule has 1 saturated heterocycles. The second-order valence-electron chi connectivity index (χ2n) is 3.81. The van der Waals surface area contributed by atoms with Crippen LogP contribution in [0, 0.1) is 0 Å². The number of rotatable bonds is 4. The number of hydrogen-bond donors (Lipinski definition) is 1. The zero-order valence-electron chi connectivity index (χ0n) is 8.91. The van der Waals surface area contributed by atoms with E-state index in [1.807, 2.05) is 0 Å². The van der Waals surface area contributed by atoms with Gasteiger partial charge in [0.2, 0.25) is 0 Å². The summed E-state index contributed by atoms with van der Waals surface area (Å²) in [4.78, 5) is 0. The van der Waals surface area contributed by atoms with Gasteiger partial charge in [-0.25, -0.2) is 0 Å². The molecule has 0 aliphatic carbocycles. The molecule has 0 bridgehead atoms. The third-order valence-electron chi connectivity index (χ3n) is 2.55. The summed E-state index contributed by atoms with van der Waals surface area (Å²) in [7, 11) is 0. The van der Waals surface area contributed by atoms with Crippen LogP contribution in [0.15, 0.2) is 30.3 Å². The maximum atomic E-state index is 5.70. The standard InChI is InChI=1S/C7H7.C5H10NO.Sn/c1-7-5-3-2-4-6-7;1-5-4-6-2-3-7-5;/h2-6H,1H2;5-6H,1-4H2;. The van der Waals surface area contributed by atoms with E-state index in [-0.39, 0.29) is 21.1 Å². The van der Waals surface area contributed by atoms with Crippen LogP contribution >= 0.6 is 0 Å². The van der Waals surface area contributed by atoms with Crippen molar-refractivity contribution in [3.05, 3.63) is 35.9 Å². The van der Waals surface area contributed by atoms with Crippen molar-refractivity contribution in [3.8, 4) is 0 Å². The SMILES string of the molecule is c1ccc([CH2][Sn][CH2]C2CNCCO2)cc1. The first-order chi connectivity index (χ1) is 7.45. The van der Waals surface area contributed by atoms with Crippen molar-refractivity contribution in [1.29, 1.82) is 0 Å². The Balaban J connectivity index is 1.66. The molecule has 2 radical (unpaired) electrons. The molecule has 1 N–H and O–H groups in total. The minimum atomic E-state index is -0.269. The molecule has 1 aromatic rings. The van der Waals surface area contributed by atoms with Crippen LogP contribution in [0.5, 0.6) is 0 Å². The van der Waals surface area contributed by atoms with Crippen molar-refractivity contribution in [1.82, 2.24) is 5.32 Å². The Labute approximate surface area is 102 Å². The second-order valence-corrected chi connectivity index (χ2v) is 7.41. The van der Waals surface area contributed by atoms with Gasteiger partial charge in [-0.1, -0.05) is 0 Å². The minimum absolute atomic E-state index is 0.269. The van der Waals surface area contributed by atoms with Gasteiger partial charge >= 0.3 is 102 Å². The van der Waals surface area contributed by atoms with Crippen LogP contribution < -0.4 is 5.32 Å². The summed E-state index contributed by atoms with van der Waals surface area (Å²) >= 11 is -0.269. The number of ether oxygens (including phenoxy) is 1. The molecule has 1 aromatic carbocycles. The summed E-state index contributed by atoms with van der Waals surface area (Å²) in [6, 6.07) is 10.8. The van der Waals surface area contributed by atoms with Crippen LogP contribution in [0.1, 0.15) is 5.56 Å². The van der Waals surface area contributed by atoms with E-state index in [1.54, 1.807) is 0 Å². The molecule has 2 rings (SSSR count). The molecule has 1 aliphatic heterocycles. The molecule has 1 aliphatic rings. The molecule has 80 valence electrons. The van der Waals surface area contributed by atoms with Gasteiger partial charge in [0, 0.05) is 0 Å². The van der Waals surface area contributed by atoms with Gasteiger partial charge in [-0.3, -0.25) is 0 Å². The first-order valence-electron chi connectivity index (χ1n) is 5.52. The Morgan fingerprint density at radius 2 is 2.20 bits per heavy atom. The van der Waals surface area contributed by atoms with Gasteiger partial charge in [0.05, 0.1) is 0 Å². The summed E-state index contributed by atoms with van der Waals surface area (Å²) in [5, 5.41) is 3.39. The molecule has 0 spiro atoms. The quantitative estimate of drug-likeness (QED) is 0.847. The van der Waals surface area contributed by atoms with Crippen molar-refractivity contribution in [2.24, 2.45) is 0 Å². The Kier molecular flexibility index (Phi) is 4.96. The number of nitrogens with one attached hydrogen (secondary N) is 1. The zero-order chi connectivity index (χ0) is 10.3. The summed E-state index contributed by atoms with van der Waals surface area (Å²) in [6.07, 6.45) is 0.508. The molecule has 0 aromatic heterocycles. The van der Waals surface area contributed by atoms with Gasteiger partial charge in [-0.15, -0.1) is 0 Å². The molecule has 15 heavy (non-hydrogen) atoms. The zero-order valence-corrected chi connectivity index (χ0v) is 11.8. The molecular formula is C12H17NOSn. The molecular weight excluding hydrogens is 293 g/mol. The van der Waals surface area contributed by atoms with Gasteiger partial charge in [-0.05, 0) is 0 Å². The fraction of sp³-hybridized carbons (Fsp3) is 0.500. The Morgan fingerprint density at radius 1 is 1.33 bits per heavy atom. The molecule has 3 heteroatoms. The normalized spacial score (nSPS) is 21.5. The van der Waals surface area contributed by atoms with E-state index >= 15 is 0 Å². The van der Waals surface area contributed by atoms with Crippen molar-refractivity contribution in [2.75, 3.05) is 19.7 Å². The monoisotopic (exact) mass is 311 g/mol. The van der Waals surface area contributed by atoms with Crippen LogP contribution in [-0.2, 0) is 9.17 Å². The topological polar surface area (TPSA) is 21.3 Å². The van der Waals surface area contributed by atoms with E-state index in [1.165, 1.54) is 14.4 Å². The molecule has 1 fully saturated rings. The van der Waals surface area contributed by atoms with Gasteiger partial charge in [0.1, 0.15) is 0 Å². The summed E-state index contributed by atoms with van der Waals surface area (Å²) < 4.78 is 8.37. The Morgan fingerprint density at radius 3 is 2.93 bits per heavy atom. The van der Waals surface area contributed by atoms with E-state index in [2.05, 4.69) is 35.6 Å². The molecule has 0 saturated carbocycles. The Hall–Kier alpha value is -0.0613. The van der Waals surface area contributed by atoms with Gasteiger partial charge in [0.25, 0.3) is 0 Å². The first-order valence-corrected chi connectivity index (χ1v) is 9.56. The van der Waals surface area contributed by atoms with Crippen molar-refractivity contribution >= 4 is 21.1 Å². The molecule has 1 unspecified atom stereocenters. The average Bonchev–Trinajstić information content (AvgIpc) is 2.32. The van der Waals surface area contributed by atoms with Gasteiger partial charge < -0.3 is 0 Å². The molecule has 1 atom stereocenters. The van der Waals surface area contributed by atoms with Crippen LogP contribution in [-0.4, -0.2) is 46.9 Å². The molecule has 0 amide bonds. The fourth-order valence-electron chi connectivity index (χ4n) is 1.72. The van der Waals surface area contributed by atoms with Crippen LogP contribution in [0.2, 0.25) is 4.44 Å². The van der Waals surface area contributed by atoms with Crippen molar-refractivity contribution in [3.63, 3.8) is 0 Å². The summed E-state index contributed by atoms with van der Waals surface area (Å²) in [6.45, 7) is 2.99. The van der Waals surface area contributed by atoms with Crippen molar-refractivity contribution < 1.29 is 4.74 Å². The van der Waals surface area contributed by atoms with Crippen LogP contribution in [0.4, 0.5) is 0 Å². The summed E-state index contributed by atoms with van der Waals surface area (Å²) in [5.74, 6) is 0. The third-order valence-corrected chi connectivity index (χ3v) is 6.55. The summed E-state index contributed by atoms with van der Waals surface area (Å²) in [5.41, 5.74) is 1.51. The van der Waals surface area contributed by atoms with Gasteiger partial charge in [0.15, 0.2) is 0 Å². The van der Waals surface area contributed by atoms with E-state index in [0.29, 0.717) is 6.10 Å². The average molecular weight is 310 g/mol. The maximum absolute atomic E-state index is 5.70. The predicted octanol–water partition coefficient (Wildman–Crippen LogP) is 1.30. The predicted molar refractivity (Wildman–Crippen MR) is 63.3 cm³/mol. The van der Waals surface area contributed by atoms with Gasteiger partial charge in [-0.2, -0.15) is 0 Å². The molecule has 1 heterocycles. The Bertz CT molecular complexity index is 272. The van der Waals surface area contributed by atoms with Crippen LogP contribution in [0.25, 0.3) is 0 Å². The fourth-order valence-corrected chi connectivity index (χ4v) is 5.30. The van der Waals surface area contributed by atoms with E-state index in [4.69, 9.17) is 4.74 Å². The third kappa shape index (κ3) is 4.13. The van der Waals surface area contributed by atoms with Crippen LogP contribution in [0.3, 0.4) is 0 Å².